The molecule has 2 aromatic rings. The van der Waals surface area contributed by atoms with E-state index in [1.807, 2.05) is 30.3 Å². The molecule has 0 saturated carbocycles. The molecule has 0 unspecified atom stereocenters. The number of rotatable bonds is 7. The van der Waals surface area contributed by atoms with Crippen molar-refractivity contribution in [2.24, 2.45) is 0 Å². The first kappa shape index (κ1) is 20.3. The van der Waals surface area contributed by atoms with Crippen LogP contribution in [0.2, 0.25) is 0 Å². The third-order valence-corrected chi connectivity index (χ3v) is 4.77. The number of para-hydroxylation sites is 1. The van der Waals surface area contributed by atoms with Crippen LogP contribution in [0.4, 0.5) is 14.5 Å². The van der Waals surface area contributed by atoms with Gasteiger partial charge < -0.3 is 19.7 Å². The molecule has 1 saturated heterocycles. The average molecular weight is 407 g/mol. The molecule has 1 aliphatic rings. The number of piperazine rings is 1. The van der Waals surface area contributed by atoms with E-state index in [-0.39, 0.29) is 5.75 Å². The first-order valence-electron chi connectivity index (χ1n) is 9.11. The SMILES string of the molecule is FC(F)Oc1ccc(NC(=S)N2CCN(CCOc3ccccc3)CC2)cc1. The number of thiocarbonyl (C=S) groups is 1. The second kappa shape index (κ2) is 10.2. The monoisotopic (exact) mass is 407 g/mol. The second-order valence-electron chi connectivity index (χ2n) is 6.32. The lowest BCUT2D eigenvalue weighted by Crippen LogP contribution is -2.50. The molecule has 3 rings (SSSR count). The van der Waals surface area contributed by atoms with Gasteiger partial charge in [-0.3, -0.25) is 4.90 Å². The van der Waals surface area contributed by atoms with Crippen molar-refractivity contribution >= 4 is 23.0 Å². The summed E-state index contributed by atoms with van der Waals surface area (Å²) in [4.78, 5) is 4.45. The van der Waals surface area contributed by atoms with Gasteiger partial charge in [-0.15, -0.1) is 0 Å². The molecule has 1 N–H and O–H groups in total. The number of hydrogen-bond donors (Lipinski definition) is 1. The first-order valence-corrected chi connectivity index (χ1v) is 9.52. The maximum absolute atomic E-state index is 12.2. The lowest BCUT2D eigenvalue weighted by atomic mass is 10.3. The average Bonchev–Trinajstić information content (AvgIpc) is 2.70. The molecule has 0 radical (unpaired) electrons. The molecule has 1 aliphatic heterocycles. The van der Waals surface area contributed by atoms with Crippen molar-refractivity contribution < 1.29 is 18.3 Å². The molecule has 0 spiro atoms. The zero-order valence-corrected chi connectivity index (χ0v) is 16.2. The van der Waals surface area contributed by atoms with E-state index in [0.29, 0.717) is 11.7 Å². The van der Waals surface area contributed by atoms with Crippen molar-refractivity contribution in [3.8, 4) is 11.5 Å². The lowest BCUT2D eigenvalue weighted by molar-refractivity contribution is -0.0498. The highest BCUT2D eigenvalue weighted by Crippen LogP contribution is 2.18. The topological polar surface area (TPSA) is 37.0 Å². The summed E-state index contributed by atoms with van der Waals surface area (Å²) in [5, 5.41) is 3.77. The third-order valence-electron chi connectivity index (χ3n) is 4.41. The molecule has 1 fully saturated rings. The Bertz CT molecular complexity index is 739. The van der Waals surface area contributed by atoms with Gasteiger partial charge in [-0.05, 0) is 48.6 Å². The van der Waals surface area contributed by atoms with Crippen molar-refractivity contribution in [1.29, 1.82) is 0 Å². The standard InChI is InChI=1S/C20H23F2N3O2S/c21-19(22)27-18-8-6-16(7-9-18)23-20(28)25-12-10-24(11-13-25)14-15-26-17-4-2-1-3-5-17/h1-9,19H,10-15H2,(H,23,28). The molecule has 8 heteroatoms. The van der Waals surface area contributed by atoms with E-state index in [4.69, 9.17) is 17.0 Å². The molecule has 0 atom stereocenters. The summed E-state index contributed by atoms with van der Waals surface area (Å²) in [5.41, 5.74) is 0.741. The van der Waals surface area contributed by atoms with Crippen LogP contribution in [0.15, 0.2) is 54.6 Å². The zero-order chi connectivity index (χ0) is 19.8. The molecular weight excluding hydrogens is 384 g/mol. The van der Waals surface area contributed by atoms with Gasteiger partial charge in [0, 0.05) is 38.4 Å². The Kier molecular flexibility index (Phi) is 7.39. The molecule has 0 amide bonds. The third kappa shape index (κ3) is 6.31. The summed E-state index contributed by atoms with van der Waals surface area (Å²) < 4.78 is 34.5. The Morgan fingerprint density at radius 3 is 2.29 bits per heavy atom. The fraction of sp³-hybridized carbons (Fsp3) is 0.350. The summed E-state index contributed by atoms with van der Waals surface area (Å²) in [7, 11) is 0. The summed E-state index contributed by atoms with van der Waals surface area (Å²) in [6.07, 6.45) is 0. The van der Waals surface area contributed by atoms with Crippen LogP contribution in [0.3, 0.4) is 0 Å². The largest absolute Gasteiger partial charge is 0.492 e. The van der Waals surface area contributed by atoms with Gasteiger partial charge in [0.15, 0.2) is 5.11 Å². The zero-order valence-electron chi connectivity index (χ0n) is 15.4. The number of nitrogens with zero attached hydrogens (tertiary/aromatic N) is 2. The molecule has 28 heavy (non-hydrogen) atoms. The molecule has 2 aromatic carbocycles. The van der Waals surface area contributed by atoms with Crippen LogP contribution in [0, 0.1) is 0 Å². The highest BCUT2D eigenvalue weighted by Gasteiger charge is 2.19. The first-order chi connectivity index (χ1) is 13.6. The molecule has 1 heterocycles. The predicted molar refractivity (Wildman–Crippen MR) is 109 cm³/mol. The minimum Gasteiger partial charge on any atom is -0.492 e. The van der Waals surface area contributed by atoms with Gasteiger partial charge in [0.2, 0.25) is 0 Å². The molecular formula is C20H23F2N3O2S. The smallest absolute Gasteiger partial charge is 0.387 e. The number of nitrogens with one attached hydrogen (secondary N) is 1. The Morgan fingerprint density at radius 1 is 0.964 bits per heavy atom. The molecule has 0 bridgehead atoms. The van der Waals surface area contributed by atoms with Gasteiger partial charge in [0.05, 0.1) is 0 Å². The highest BCUT2D eigenvalue weighted by atomic mass is 32.1. The second-order valence-corrected chi connectivity index (χ2v) is 6.71. The fourth-order valence-electron chi connectivity index (χ4n) is 2.91. The van der Waals surface area contributed by atoms with Crippen LogP contribution >= 0.6 is 12.2 Å². The number of anilines is 1. The van der Waals surface area contributed by atoms with Crippen LogP contribution in [0.5, 0.6) is 11.5 Å². The van der Waals surface area contributed by atoms with E-state index in [1.165, 1.54) is 12.1 Å². The Morgan fingerprint density at radius 2 is 1.64 bits per heavy atom. The summed E-state index contributed by atoms with van der Waals surface area (Å²) in [6, 6.07) is 16.1. The Hall–Kier alpha value is -2.45. The maximum atomic E-state index is 12.2. The van der Waals surface area contributed by atoms with Crippen LogP contribution < -0.4 is 14.8 Å². The molecule has 5 nitrogen and oxygen atoms in total. The number of hydrogen-bond acceptors (Lipinski definition) is 4. The molecule has 150 valence electrons. The van der Waals surface area contributed by atoms with Crippen molar-refractivity contribution in [1.82, 2.24) is 9.80 Å². The van der Waals surface area contributed by atoms with Crippen LogP contribution in [0.25, 0.3) is 0 Å². The quantitative estimate of drug-likeness (QED) is 0.706. The van der Waals surface area contributed by atoms with Crippen molar-refractivity contribution in [3.63, 3.8) is 0 Å². The van der Waals surface area contributed by atoms with Gasteiger partial charge in [-0.2, -0.15) is 8.78 Å². The van der Waals surface area contributed by atoms with Gasteiger partial charge in [0.1, 0.15) is 18.1 Å². The summed E-state index contributed by atoms with van der Waals surface area (Å²) in [5.74, 6) is 1.01. The highest BCUT2D eigenvalue weighted by molar-refractivity contribution is 7.80. The minimum atomic E-state index is -2.82. The predicted octanol–water partition coefficient (Wildman–Crippen LogP) is 3.68. The normalized spacial score (nSPS) is 14.8. The maximum Gasteiger partial charge on any atom is 0.387 e. The van der Waals surface area contributed by atoms with Crippen molar-refractivity contribution in [2.45, 2.75) is 6.61 Å². The lowest BCUT2D eigenvalue weighted by Gasteiger charge is -2.36. The van der Waals surface area contributed by atoms with Crippen LogP contribution in [-0.4, -0.2) is 60.9 Å². The number of alkyl halides is 2. The van der Waals surface area contributed by atoms with E-state index in [0.717, 1.165) is 44.2 Å². The minimum absolute atomic E-state index is 0.123. The van der Waals surface area contributed by atoms with Gasteiger partial charge >= 0.3 is 6.61 Å². The molecule has 0 aliphatic carbocycles. The number of ether oxygens (including phenoxy) is 2. The van der Waals surface area contributed by atoms with E-state index in [2.05, 4.69) is 19.9 Å². The van der Waals surface area contributed by atoms with Crippen molar-refractivity contribution in [2.75, 3.05) is 44.6 Å². The van der Waals surface area contributed by atoms with Crippen molar-refractivity contribution in [3.05, 3.63) is 54.6 Å². The van der Waals surface area contributed by atoms with Gasteiger partial charge in [-0.25, -0.2) is 0 Å². The van der Waals surface area contributed by atoms with Crippen LogP contribution in [-0.2, 0) is 0 Å². The Labute approximate surface area is 168 Å². The van der Waals surface area contributed by atoms with Gasteiger partial charge in [-0.1, -0.05) is 18.2 Å². The van der Waals surface area contributed by atoms with Crippen LogP contribution in [0.1, 0.15) is 0 Å². The summed E-state index contributed by atoms with van der Waals surface area (Å²) in [6.45, 7) is 2.15. The number of halogens is 2. The Balaban J connectivity index is 1.37. The number of benzene rings is 2. The van der Waals surface area contributed by atoms with Gasteiger partial charge in [0.25, 0.3) is 0 Å². The van der Waals surface area contributed by atoms with E-state index in [9.17, 15) is 8.78 Å². The van der Waals surface area contributed by atoms with E-state index in [1.54, 1.807) is 12.1 Å². The summed E-state index contributed by atoms with van der Waals surface area (Å²) >= 11 is 5.47. The fourth-order valence-corrected chi connectivity index (χ4v) is 3.21. The van der Waals surface area contributed by atoms with E-state index >= 15 is 0 Å². The molecule has 0 aromatic heterocycles. The van der Waals surface area contributed by atoms with E-state index < -0.39 is 6.61 Å².